The molecule has 0 aliphatic rings. The lowest BCUT2D eigenvalue weighted by Gasteiger charge is -2.04. The summed E-state index contributed by atoms with van der Waals surface area (Å²) in [6.07, 6.45) is -4.39. The standard InChI is InChI=1S/C10H5F3N4OS2/c11-10(12,13)4-1-2-6-5(3-4)14-9(19-6)20-8-15-7(18)16-17-8/h1-3H,(H2,15,16,17,18). The van der Waals surface area contributed by atoms with Crippen molar-refractivity contribution in [2.75, 3.05) is 0 Å². The normalized spacial score (nSPS) is 12.2. The van der Waals surface area contributed by atoms with E-state index in [1.807, 2.05) is 0 Å². The van der Waals surface area contributed by atoms with E-state index in [4.69, 9.17) is 0 Å². The predicted molar refractivity (Wildman–Crippen MR) is 68.0 cm³/mol. The van der Waals surface area contributed by atoms with E-state index in [-0.39, 0.29) is 5.52 Å². The molecular formula is C10H5F3N4OS2. The van der Waals surface area contributed by atoms with E-state index in [0.717, 1.165) is 23.9 Å². The van der Waals surface area contributed by atoms with Gasteiger partial charge in [-0.25, -0.2) is 14.9 Å². The van der Waals surface area contributed by atoms with E-state index in [9.17, 15) is 18.0 Å². The molecule has 0 spiro atoms. The van der Waals surface area contributed by atoms with Crippen LogP contribution in [0.15, 0.2) is 32.5 Å². The largest absolute Gasteiger partial charge is 0.416 e. The van der Waals surface area contributed by atoms with Gasteiger partial charge in [-0.2, -0.15) is 13.2 Å². The van der Waals surface area contributed by atoms with Crippen LogP contribution < -0.4 is 5.69 Å². The minimum absolute atomic E-state index is 0.269. The summed E-state index contributed by atoms with van der Waals surface area (Å²) in [6, 6.07) is 3.40. The van der Waals surface area contributed by atoms with Gasteiger partial charge in [-0.15, -0.1) is 16.4 Å². The van der Waals surface area contributed by atoms with Gasteiger partial charge in [0.05, 0.1) is 15.8 Å². The van der Waals surface area contributed by atoms with Gasteiger partial charge in [0.25, 0.3) is 0 Å². The van der Waals surface area contributed by atoms with Crippen molar-refractivity contribution in [1.29, 1.82) is 0 Å². The monoisotopic (exact) mass is 318 g/mol. The van der Waals surface area contributed by atoms with Crippen molar-refractivity contribution in [1.82, 2.24) is 20.2 Å². The van der Waals surface area contributed by atoms with Crippen LogP contribution in [-0.2, 0) is 6.18 Å². The maximum atomic E-state index is 12.6. The number of hydrogen-bond donors (Lipinski definition) is 2. The number of nitrogens with zero attached hydrogens (tertiary/aromatic N) is 2. The number of alkyl halides is 3. The number of nitrogens with one attached hydrogen (secondary N) is 2. The lowest BCUT2D eigenvalue weighted by atomic mass is 10.2. The van der Waals surface area contributed by atoms with E-state index in [1.165, 1.54) is 17.4 Å². The maximum Gasteiger partial charge on any atom is 0.416 e. The van der Waals surface area contributed by atoms with Crippen LogP contribution in [0.5, 0.6) is 0 Å². The first-order valence-electron chi connectivity index (χ1n) is 5.22. The Kier molecular flexibility index (Phi) is 3.05. The molecule has 0 saturated heterocycles. The predicted octanol–water partition coefficient (Wildman–Crippen LogP) is 2.88. The molecule has 10 heteroatoms. The van der Waals surface area contributed by atoms with Gasteiger partial charge >= 0.3 is 11.9 Å². The van der Waals surface area contributed by atoms with Gasteiger partial charge in [-0.3, -0.25) is 4.98 Å². The second-order valence-electron chi connectivity index (χ2n) is 3.74. The number of rotatable bonds is 2. The van der Waals surface area contributed by atoms with E-state index < -0.39 is 17.4 Å². The first-order valence-corrected chi connectivity index (χ1v) is 6.85. The second kappa shape index (κ2) is 4.63. The van der Waals surface area contributed by atoms with Crippen LogP contribution >= 0.6 is 23.1 Å². The van der Waals surface area contributed by atoms with E-state index in [1.54, 1.807) is 0 Å². The summed E-state index contributed by atoms with van der Waals surface area (Å²) in [5, 5.41) is 6.20. The zero-order valence-electron chi connectivity index (χ0n) is 9.49. The number of H-pyrrole nitrogens is 2. The Morgan fingerprint density at radius 2 is 2.10 bits per heavy atom. The Hall–Kier alpha value is -1.81. The fourth-order valence-electron chi connectivity index (χ4n) is 1.51. The fourth-order valence-corrected chi connectivity index (χ4v) is 3.41. The quantitative estimate of drug-likeness (QED) is 0.762. The van der Waals surface area contributed by atoms with Gasteiger partial charge in [0, 0.05) is 0 Å². The number of halogens is 3. The average Bonchev–Trinajstić information content (AvgIpc) is 2.93. The first kappa shape index (κ1) is 13.2. The molecule has 2 heterocycles. The molecular weight excluding hydrogens is 313 g/mol. The summed E-state index contributed by atoms with van der Waals surface area (Å²) in [6.45, 7) is 0. The molecule has 2 aromatic heterocycles. The molecule has 0 fully saturated rings. The minimum atomic E-state index is -4.39. The Morgan fingerprint density at radius 1 is 1.30 bits per heavy atom. The van der Waals surface area contributed by atoms with Gasteiger partial charge in [0.2, 0.25) is 0 Å². The number of fused-ring (bicyclic) bond motifs is 1. The highest BCUT2D eigenvalue weighted by Crippen LogP contribution is 2.36. The van der Waals surface area contributed by atoms with Gasteiger partial charge in [-0.05, 0) is 30.0 Å². The van der Waals surface area contributed by atoms with Crippen LogP contribution in [0.1, 0.15) is 5.56 Å². The summed E-state index contributed by atoms with van der Waals surface area (Å²) in [5.74, 6) is 0. The fraction of sp³-hybridized carbons (Fsp3) is 0.100. The lowest BCUT2D eigenvalue weighted by Crippen LogP contribution is -2.03. The third kappa shape index (κ3) is 2.56. The minimum Gasteiger partial charge on any atom is -0.284 e. The Bertz CT molecular complexity index is 820. The first-order chi connectivity index (χ1) is 9.41. The lowest BCUT2D eigenvalue weighted by molar-refractivity contribution is -0.137. The summed E-state index contributed by atoms with van der Waals surface area (Å²) < 4.78 is 38.9. The van der Waals surface area contributed by atoms with Gasteiger partial charge in [0.1, 0.15) is 0 Å². The number of benzene rings is 1. The molecule has 1 aromatic carbocycles. The number of aromatic nitrogens is 4. The Morgan fingerprint density at radius 3 is 2.75 bits per heavy atom. The van der Waals surface area contributed by atoms with Crippen LogP contribution in [0.25, 0.3) is 10.2 Å². The van der Waals surface area contributed by atoms with Crippen molar-refractivity contribution in [2.45, 2.75) is 15.7 Å². The topological polar surface area (TPSA) is 74.4 Å². The van der Waals surface area contributed by atoms with Crippen LogP contribution in [0.4, 0.5) is 13.2 Å². The number of thiazole rings is 1. The van der Waals surface area contributed by atoms with Crippen molar-refractivity contribution in [3.63, 3.8) is 0 Å². The smallest absolute Gasteiger partial charge is 0.284 e. The molecule has 0 aliphatic heterocycles. The van der Waals surface area contributed by atoms with Gasteiger partial charge < -0.3 is 0 Å². The second-order valence-corrected chi connectivity index (χ2v) is 6.01. The molecule has 20 heavy (non-hydrogen) atoms. The van der Waals surface area contributed by atoms with Crippen molar-refractivity contribution >= 4 is 33.3 Å². The molecule has 3 rings (SSSR count). The summed E-state index contributed by atoms with van der Waals surface area (Å²) >= 11 is 2.31. The highest BCUT2D eigenvalue weighted by Gasteiger charge is 2.30. The SMILES string of the molecule is O=c1[nH]nc(Sc2nc3cc(C(F)(F)F)ccc3s2)[nH]1. The van der Waals surface area contributed by atoms with Crippen LogP contribution in [0.3, 0.4) is 0 Å². The maximum absolute atomic E-state index is 12.6. The van der Waals surface area contributed by atoms with Gasteiger partial charge in [-0.1, -0.05) is 0 Å². The van der Waals surface area contributed by atoms with E-state index in [2.05, 4.69) is 20.2 Å². The van der Waals surface area contributed by atoms with E-state index in [0.29, 0.717) is 14.2 Å². The van der Waals surface area contributed by atoms with Crippen LogP contribution in [0, 0.1) is 0 Å². The molecule has 2 N–H and O–H groups in total. The summed E-state index contributed by atoms with van der Waals surface area (Å²) in [4.78, 5) is 17.4. The highest BCUT2D eigenvalue weighted by molar-refractivity contribution is 8.01. The molecule has 0 unspecified atom stereocenters. The summed E-state index contributed by atoms with van der Waals surface area (Å²) in [7, 11) is 0. The average molecular weight is 318 g/mol. The van der Waals surface area contributed by atoms with Crippen LogP contribution in [-0.4, -0.2) is 20.2 Å². The Balaban J connectivity index is 1.96. The van der Waals surface area contributed by atoms with Crippen molar-refractivity contribution in [2.24, 2.45) is 0 Å². The van der Waals surface area contributed by atoms with E-state index >= 15 is 0 Å². The Labute approximate surface area is 117 Å². The number of aromatic amines is 2. The number of hydrogen-bond acceptors (Lipinski definition) is 5. The molecule has 104 valence electrons. The van der Waals surface area contributed by atoms with Crippen molar-refractivity contribution in [3.8, 4) is 0 Å². The molecule has 0 aliphatic carbocycles. The summed E-state index contributed by atoms with van der Waals surface area (Å²) in [5.41, 5.74) is -0.918. The highest BCUT2D eigenvalue weighted by atomic mass is 32.2. The van der Waals surface area contributed by atoms with Crippen LogP contribution in [0.2, 0.25) is 0 Å². The molecule has 0 amide bonds. The zero-order chi connectivity index (χ0) is 14.3. The molecule has 5 nitrogen and oxygen atoms in total. The van der Waals surface area contributed by atoms with Crippen molar-refractivity contribution in [3.05, 3.63) is 34.2 Å². The molecule has 0 saturated carbocycles. The van der Waals surface area contributed by atoms with Gasteiger partial charge in [0.15, 0.2) is 9.50 Å². The molecule has 0 atom stereocenters. The molecule has 0 radical (unpaired) electrons. The third-order valence-electron chi connectivity index (χ3n) is 2.36. The zero-order valence-corrected chi connectivity index (χ0v) is 11.1. The third-order valence-corrected chi connectivity index (χ3v) is 4.34. The molecule has 0 bridgehead atoms. The van der Waals surface area contributed by atoms with Crippen molar-refractivity contribution < 1.29 is 13.2 Å². The molecule has 3 aromatic rings.